The van der Waals surface area contributed by atoms with Crippen molar-refractivity contribution in [1.29, 1.82) is 0 Å². The van der Waals surface area contributed by atoms with E-state index in [1.165, 1.54) is 11.3 Å². The van der Waals surface area contributed by atoms with Gasteiger partial charge >= 0.3 is 0 Å². The molecule has 0 aliphatic heterocycles. The molecular formula is C15H11BrN2OS. The van der Waals surface area contributed by atoms with Crippen molar-refractivity contribution in [3.05, 3.63) is 58.1 Å². The first-order chi connectivity index (χ1) is 9.63. The number of nitrogens with zero attached hydrogens (tertiary/aromatic N) is 1. The molecule has 5 heteroatoms. The Labute approximate surface area is 128 Å². The van der Waals surface area contributed by atoms with Crippen molar-refractivity contribution in [2.24, 2.45) is 0 Å². The second kappa shape index (κ2) is 5.34. The summed E-state index contributed by atoms with van der Waals surface area (Å²) in [6, 6.07) is 13.4. The number of halogens is 1. The van der Waals surface area contributed by atoms with E-state index in [-0.39, 0.29) is 5.91 Å². The van der Waals surface area contributed by atoms with Gasteiger partial charge in [0.2, 0.25) is 0 Å². The predicted octanol–water partition coefficient (Wildman–Crippen LogP) is 4.62. The highest BCUT2D eigenvalue weighted by Gasteiger charge is 2.11. The molecule has 1 aromatic heterocycles. The molecule has 3 nitrogen and oxygen atoms in total. The fraction of sp³-hybridized carbons (Fsp3) is 0.0667. The van der Waals surface area contributed by atoms with Crippen molar-refractivity contribution in [2.45, 2.75) is 6.92 Å². The highest BCUT2D eigenvalue weighted by molar-refractivity contribution is 9.10. The minimum Gasteiger partial charge on any atom is -0.298 e. The van der Waals surface area contributed by atoms with Gasteiger partial charge in [-0.2, -0.15) is 0 Å². The molecule has 0 aliphatic carbocycles. The number of carbonyl (C=O) groups is 1. The average molecular weight is 347 g/mol. The third kappa shape index (κ3) is 2.59. The van der Waals surface area contributed by atoms with E-state index in [0.29, 0.717) is 10.7 Å². The van der Waals surface area contributed by atoms with Crippen molar-refractivity contribution < 1.29 is 4.79 Å². The van der Waals surface area contributed by atoms with Crippen molar-refractivity contribution in [3.63, 3.8) is 0 Å². The lowest BCUT2D eigenvalue weighted by molar-refractivity contribution is 0.102. The third-order valence-corrected chi connectivity index (χ3v) is 4.45. The van der Waals surface area contributed by atoms with E-state index < -0.39 is 0 Å². The lowest BCUT2D eigenvalue weighted by Crippen LogP contribution is -2.11. The van der Waals surface area contributed by atoms with Gasteiger partial charge in [0.15, 0.2) is 5.13 Å². The summed E-state index contributed by atoms with van der Waals surface area (Å²) in [5.74, 6) is -0.135. The zero-order valence-corrected chi connectivity index (χ0v) is 13.1. The molecule has 0 spiro atoms. The van der Waals surface area contributed by atoms with Crippen LogP contribution in [0.3, 0.4) is 0 Å². The van der Waals surface area contributed by atoms with Gasteiger partial charge in [0.1, 0.15) is 0 Å². The van der Waals surface area contributed by atoms with Gasteiger partial charge in [0.25, 0.3) is 5.91 Å². The molecule has 0 atom stereocenters. The number of aromatic nitrogens is 1. The summed E-state index contributed by atoms with van der Waals surface area (Å²) in [5, 5.41) is 3.46. The number of rotatable bonds is 2. The van der Waals surface area contributed by atoms with Crippen LogP contribution in [0.2, 0.25) is 0 Å². The number of fused-ring (bicyclic) bond motifs is 1. The number of hydrogen-bond donors (Lipinski definition) is 1. The molecule has 1 heterocycles. The van der Waals surface area contributed by atoms with Crippen LogP contribution >= 0.6 is 27.3 Å². The van der Waals surface area contributed by atoms with Crippen molar-refractivity contribution in [1.82, 2.24) is 4.98 Å². The molecule has 3 rings (SSSR count). The summed E-state index contributed by atoms with van der Waals surface area (Å²) >= 11 is 4.93. The predicted molar refractivity (Wildman–Crippen MR) is 86.5 cm³/mol. The van der Waals surface area contributed by atoms with Crippen LogP contribution < -0.4 is 5.32 Å². The van der Waals surface area contributed by atoms with Gasteiger partial charge in [-0.05, 0) is 47.1 Å². The molecule has 0 saturated heterocycles. The Kier molecular flexibility index (Phi) is 3.54. The summed E-state index contributed by atoms with van der Waals surface area (Å²) < 4.78 is 1.97. The Morgan fingerprint density at radius 3 is 2.80 bits per heavy atom. The lowest BCUT2D eigenvalue weighted by Gasteiger charge is -2.02. The summed E-state index contributed by atoms with van der Waals surface area (Å²) in [6.07, 6.45) is 0. The lowest BCUT2D eigenvalue weighted by atomic mass is 10.1. The van der Waals surface area contributed by atoms with E-state index in [1.807, 2.05) is 43.3 Å². The highest BCUT2D eigenvalue weighted by Crippen LogP contribution is 2.31. The Balaban J connectivity index is 1.89. The number of aryl methyl sites for hydroxylation is 1. The molecule has 0 aliphatic rings. The van der Waals surface area contributed by atoms with Gasteiger partial charge in [0, 0.05) is 10.0 Å². The van der Waals surface area contributed by atoms with Crippen LogP contribution in [0.1, 0.15) is 15.9 Å². The molecule has 2 aromatic carbocycles. The Morgan fingerprint density at radius 1 is 1.25 bits per heavy atom. The molecule has 0 unspecified atom stereocenters. The maximum atomic E-state index is 12.2. The molecule has 0 radical (unpaired) electrons. The fourth-order valence-corrected chi connectivity index (χ4v) is 3.40. The van der Waals surface area contributed by atoms with Gasteiger partial charge in [-0.1, -0.05) is 35.1 Å². The first kappa shape index (κ1) is 13.3. The third-order valence-electron chi connectivity index (χ3n) is 2.87. The number of thiazole rings is 1. The summed E-state index contributed by atoms with van der Waals surface area (Å²) in [7, 11) is 0. The van der Waals surface area contributed by atoms with Crippen LogP contribution in [-0.2, 0) is 0 Å². The van der Waals surface area contributed by atoms with E-state index in [0.717, 1.165) is 20.3 Å². The maximum absolute atomic E-state index is 12.2. The van der Waals surface area contributed by atoms with Crippen molar-refractivity contribution in [2.75, 3.05) is 5.32 Å². The number of benzene rings is 2. The molecule has 0 bridgehead atoms. The van der Waals surface area contributed by atoms with Gasteiger partial charge < -0.3 is 0 Å². The van der Waals surface area contributed by atoms with Crippen LogP contribution in [0.15, 0.2) is 46.9 Å². The van der Waals surface area contributed by atoms with E-state index >= 15 is 0 Å². The zero-order chi connectivity index (χ0) is 14.1. The number of para-hydroxylation sites is 1. The van der Waals surface area contributed by atoms with Crippen LogP contribution in [-0.4, -0.2) is 10.9 Å². The fourth-order valence-electron chi connectivity index (χ4n) is 1.92. The Bertz CT molecular complexity index is 797. The monoisotopic (exact) mass is 346 g/mol. The second-order valence-electron chi connectivity index (χ2n) is 4.43. The first-order valence-electron chi connectivity index (χ1n) is 6.06. The number of carbonyl (C=O) groups excluding carboxylic acids is 1. The SMILES string of the molecule is Cc1cccc(C(=O)Nc2nc3c(Br)cccc3s2)c1. The van der Waals surface area contributed by atoms with Crippen LogP contribution in [0, 0.1) is 6.92 Å². The number of nitrogens with one attached hydrogen (secondary N) is 1. The topological polar surface area (TPSA) is 42.0 Å². The smallest absolute Gasteiger partial charge is 0.257 e. The minimum atomic E-state index is -0.135. The average Bonchev–Trinajstić information content (AvgIpc) is 2.83. The molecule has 20 heavy (non-hydrogen) atoms. The number of hydrogen-bond acceptors (Lipinski definition) is 3. The molecule has 1 amide bonds. The van der Waals surface area contributed by atoms with Crippen molar-refractivity contribution >= 4 is 48.5 Å². The summed E-state index contributed by atoms with van der Waals surface area (Å²) in [4.78, 5) is 16.6. The Morgan fingerprint density at radius 2 is 2.05 bits per heavy atom. The van der Waals surface area contributed by atoms with Crippen LogP contribution in [0.4, 0.5) is 5.13 Å². The van der Waals surface area contributed by atoms with E-state index in [9.17, 15) is 4.79 Å². The molecular weight excluding hydrogens is 336 g/mol. The Hall–Kier alpha value is -1.72. The van der Waals surface area contributed by atoms with E-state index in [2.05, 4.69) is 26.2 Å². The van der Waals surface area contributed by atoms with Gasteiger partial charge in [0.05, 0.1) is 10.2 Å². The van der Waals surface area contributed by atoms with E-state index in [4.69, 9.17) is 0 Å². The minimum absolute atomic E-state index is 0.135. The van der Waals surface area contributed by atoms with E-state index in [1.54, 1.807) is 6.07 Å². The molecule has 100 valence electrons. The maximum Gasteiger partial charge on any atom is 0.257 e. The molecule has 0 saturated carbocycles. The largest absolute Gasteiger partial charge is 0.298 e. The summed E-state index contributed by atoms with van der Waals surface area (Å²) in [6.45, 7) is 1.96. The highest BCUT2D eigenvalue weighted by atomic mass is 79.9. The molecule has 3 aromatic rings. The van der Waals surface area contributed by atoms with Gasteiger partial charge in [-0.3, -0.25) is 10.1 Å². The second-order valence-corrected chi connectivity index (χ2v) is 6.31. The van der Waals surface area contributed by atoms with Gasteiger partial charge in [-0.25, -0.2) is 4.98 Å². The first-order valence-corrected chi connectivity index (χ1v) is 7.67. The molecule has 1 N–H and O–H groups in total. The van der Waals surface area contributed by atoms with Crippen LogP contribution in [0.5, 0.6) is 0 Å². The van der Waals surface area contributed by atoms with Gasteiger partial charge in [-0.15, -0.1) is 0 Å². The molecule has 0 fully saturated rings. The quantitative estimate of drug-likeness (QED) is 0.735. The number of anilines is 1. The standard InChI is InChI=1S/C15H11BrN2OS/c1-9-4-2-5-10(8-9)14(19)18-15-17-13-11(16)6-3-7-12(13)20-15/h2-8H,1H3,(H,17,18,19). The zero-order valence-electron chi connectivity index (χ0n) is 10.7. The van der Waals surface area contributed by atoms with Crippen LogP contribution in [0.25, 0.3) is 10.2 Å². The summed E-state index contributed by atoms with van der Waals surface area (Å²) in [5.41, 5.74) is 2.57. The normalized spacial score (nSPS) is 10.7. The van der Waals surface area contributed by atoms with Crippen molar-refractivity contribution in [3.8, 4) is 0 Å². The number of amides is 1.